The Morgan fingerprint density at radius 3 is 2.71 bits per heavy atom. The minimum Gasteiger partial charge on any atom is -0.393 e. The van der Waals surface area contributed by atoms with Gasteiger partial charge in [-0.05, 0) is 31.6 Å². The maximum Gasteiger partial charge on any atom is 0.225 e. The SMILES string of the molecule is O=C(NCC1CCCCC1O)C1CC(=O)N(CC2CC2)C1. The van der Waals surface area contributed by atoms with Crippen LogP contribution in [0.15, 0.2) is 0 Å². The molecule has 5 nitrogen and oxygen atoms in total. The number of rotatable bonds is 5. The Morgan fingerprint density at radius 1 is 1.24 bits per heavy atom. The smallest absolute Gasteiger partial charge is 0.225 e. The Bertz CT molecular complexity index is 408. The van der Waals surface area contributed by atoms with Gasteiger partial charge in [0.05, 0.1) is 12.0 Å². The van der Waals surface area contributed by atoms with E-state index in [1.54, 1.807) is 0 Å². The van der Waals surface area contributed by atoms with Gasteiger partial charge in [0.15, 0.2) is 0 Å². The summed E-state index contributed by atoms with van der Waals surface area (Å²) < 4.78 is 0. The molecule has 2 N–H and O–H groups in total. The normalized spacial score (nSPS) is 33.3. The maximum absolute atomic E-state index is 12.2. The zero-order valence-electron chi connectivity index (χ0n) is 12.6. The van der Waals surface area contributed by atoms with Crippen molar-refractivity contribution in [1.82, 2.24) is 10.2 Å². The molecule has 2 aliphatic carbocycles. The number of aliphatic hydroxyl groups is 1. The Kier molecular flexibility index (Phi) is 4.48. The zero-order valence-corrected chi connectivity index (χ0v) is 12.6. The summed E-state index contributed by atoms with van der Waals surface area (Å²) in [5, 5.41) is 12.9. The minimum atomic E-state index is -0.282. The summed E-state index contributed by atoms with van der Waals surface area (Å²) >= 11 is 0. The zero-order chi connectivity index (χ0) is 14.8. The van der Waals surface area contributed by atoms with E-state index in [9.17, 15) is 14.7 Å². The molecule has 0 spiro atoms. The summed E-state index contributed by atoms with van der Waals surface area (Å²) in [4.78, 5) is 26.0. The van der Waals surface area contributed by atoms with E-state index in [0.29, 0.717) is 25.4 Å². The number of carbonyl (C=O) groups excluding carboxylic acids is 2. The van der Waals surface area contributed by atoms with Crippen molar-refractivity contribution >= 4 is 11.8 Å². The van der Waals surface area contributed by atoms with Crippen molar-refractivity contribution in [1.29, 1.82) is 0 Å². The van der Waals surface area contributed by atoms with Crippen molar-refractivity contribution in [2.45, 2.75) is 51.0 Å². The van der Waals surface area contributed by atoms with Gasteiger partial charge in [-0.2, -0.15) is 0 Å². The van der Waals surface area contributed by atoms with Gasteiger partial charge in [0, 0.05) is 32.0 Å². The van der Waals surface area contributed by atoms with Gasteiger partial charge in [0.25, 0.3) is 0 Å². The van der Waals surface area contributed by atoms with Gasteiger partial charge in [-0.15, -0.1) is 0 Å². The molecule has 3 fully saturated rings. The van der Waals surface area contributed by atoms with Gasteiger partial charge in [-0.3, -0.25) is 9.59 Å². The first kappa shape index (κ1) is 14.8. The molecule has 3 atom stereocenters. The summed E-state index contributed by atoms with van der Waals surface area (Å²) in [5.41, 5.74) is 0. The molecule has 1 saturated heterocycles. The Hall–Kier alpha value is -1.10. The second-order valence-corrected chi connectivity index (χ2v) is 7.00. The predicted molar refractivity (Wildman–Crippen MR) is 78.4 cm³/mol. The van der Waals surface area contributed by atoms with Crippen LogP contribution < -0.4 is 5.32 Å². The minimum absolute atomic E-state index is 0.0144. The van der Waals surface area contributed by atoms with E-state index in [2.05, 4.69) is 5.32 Å². The van der Waals surface area contributed by atoms with Gasteiger partial charge in [0.2, 0.25) is 11.8 Å². The Balaban J connectivity index is 1.43. The van der Waals surface area contributed by atoms with Crippen LogP contribution in [0.1, 0.15) is 44.9 Å². The highest BCUT2D eigenvalue weighted by Gasteiger charge is 2.37. The molecule has 1 aliphatic heterocycles. The molecule has 0 radical (unpaired) electrons. The van der Waals surface area contributed by atoms with Crippen molar-refractivity contribution in [3.63, 3.8) is 0 Å². The van der Waals surface area contributed by atoms with Crippen LogP contribution >= 0.6 is 0 Å². The number of carbonyl (C=O) groups is 2. The summed E-state index contributed by atoms with van der Waals surface area (Å²) in [7, 11) is 0. The first-order valence-corrected chi connectivity index (χ1v) is 8.37. The molecule has 0 aromatic heterocycles. The lowest BCUT2D eigenvalue weighted by Gasteiger charge is -2.28. The summed E-state index contributed by atoms with van der Waals surface area (Å²) in [5.74, 6) is 0.770. The van der Waals surface area contributed by atoms with Crippen LogP contribution in [0.3, 0.4) is 0 Å². The predicted octanol–water partition coefficient (Wildman–Crippen LogP) is 0.912. The monoisotopic (exact) mass is 294 g/mol. The van der Waals surface area contributed by atoms with Crippen molar-refractivity contribution in [2.24, 2.45) is 17.8 Å². The average molecular weight is 294 g/mol. The molecule has 2 saturated carbocycles. The average Bonchev–Trinajstić information content (AvgIpc) is 3.21. The highest BCUT2D eigenvalue weighted by Crippen LogP contribution is 2.32. The Morgan fingerprint density at radius 2 is 2.00 bits per heavy atom. The van der Waals surface area contributed by atoms with E-state index in [0.717, 1.165) is 32.2 Å². The number of nitrogens with one attached hydrogen (secondary N) is 1. The quantitative estimate of drug-likeness (QED) is 0.792. The van der Waals surface area contributed by atoms with Crippen LogP contribution in [-0.4, -0.2) is 47.6 Å². The molecule has 0 aromatic carbocycles. The molecule has 0 aromatic rings. The number of hydrogen-bond acceptors (Lipinski definition) is 3. The van der Waals surface area contributed by atoms with E-state index < -0.39 is 0 Å². The van der Waals surface area contributed by atoms with Crippen molar-refractivity contribution in [3.8, 4) is 0 Å². The lowest BCUT2D eigenvalue weighted by molar-refractivity contribution is -0.129. The largest absolute Gasteiger partial charge is 0.393 e. The fourth-order valence-corrected chi connectivity index (χ4v) is 3.54. The van der Waals surface area contributed by atoms with Gasteiger partial charge >= 0.3 is 0 Å². The second kappa shape index (κ2) is 6.34. The number of amides is 2. The van der Waals surface area contributed by atoms with Crippen molar-refractivity contribution in [3.05, 3.63) is 0 Å². The first-order valence-electron chi connectivity index (χ1n) is 8.37. The molecule has 21 heavy (non-hydrogen) atoms. The maximum atomic E-state index is 12.2. The second-order valence-electron chi connectivity index (χ2n) is 7.00. The van der Waals surface area contributed by atoms with Crippen LogP contribution in [0.25, 0.3) is 0 Å². The highest BCUT2D eigenvalue weighted by atomic mass is 16.3. The topological polar surface area (TPSA) is 69.6 Å². The standard InChI is InChI=1S/C16H26N2O3/c19-14-4-2-1-3-12(14)8-17-16(21)13-7-15(20)18(10-13)9-11-5-6-11/h11-14,19H,1-10H2,(H,17,21). The van der Waals surface area contributed by atoms with Crippen molar-refractivity contribution < 1.29 is 14.7 Å². The lowest BCUT2D eigenvalue weighted by atomic mass is 9.86. The van der Waals surface area contributed by atoms with Gasteiger partial charge < -0.3 is 15.3 Å². The third-order valence-electron chi connectivity index (χ3n) is 5.17. The highest BCUT2D eigenvalue weighted by molar-refractivity contribution is 5.89. The fourth-order valence-electron chi connectivity index (χ4n) is 3.54. The van der Waals surface area contributed by atoms with Crippen LogP contribution in [0, 0.1) is 17.8 Å². The molecule has 118 valence electrons. The number of hydrogen-bond donors (Lipinski definition) is 2. The molecule has 2 amide bonds. The van der Waals surface area contributed by atoms with E-state index in [-0.39, 0.29) is 29.8 Å². The van der Waals surface area contributed by atoms with Gasteiger partial charge in [-0.1, -0.05) is 12.8 Å². The van der Waals surface area contributed by atoms with Crippen LogP contribution in [0.5, 0.6) is 0 Å². The molecule has 3 aliphatic rings. The third kappa shape index (κ3) is 3.76. The van der Waals surface area contributed by atoms with Crippen molar-refractivity contribution in [2.75, 3.05) is 19.6 Å². The lowest BCUT2D eigenvalue weighted by Crippen LogP contribution is -2.40. The van der Waals surface area contributed by atoms with E-state index >= 15 is 0 Å². The summed E-state index contributed by atoms with van der Waals surface area (Å²) in [6.45, 7) is 1.96. The number of nitrogens with zero attached hydrogens (tertiary/aromatic N) is 1. The number of likely N-dealkylation sites (tertiary alicyclic amines) is 1. The number of aliphatic hydroxyl groups excluding tert-OH is 1. The molecular formula is C16H26N2O3. The van der Waals surface area contributed by atoms with Gasteiger partial charge in [-0.25, -0.2) is 0 Å². The van der Waals surface area contributed by atoms with E-state index in [4.69, 9.17) is 0 Å². The summed E-state index contributed by atoms with van der Waals surface area (Å²) in [6, 6.07) is 0. The molecule has 3 unspecified atom stereocenters. The third-order valence-corrected chi connectivity index (χ3v) is 5.17. The molecule has 5 heteroatoms. The first-order chi connectivity index (χ1) is 10.1. The van der Waals surface area contributed by atoms with Crippen LogP contribution in [0.4, 0.5) is 0 Å². The fraction of sp³-hybridized carbons (Fsp3) is 0.875. The van der Waals surface area contributed by atoms with Crippen LogP contribution in [0.2, 0.25) is 0 Å². The molecule has 3 rings (SSSR count). The summed E-state index contributed by atoms with van der Waals surface area (Å²) in [6.07, 6.45) is 6.56. The van der Waals surface area contributed by atoms with Crippen LogP contribution in [-0.2, 0) is 9.59 Å². The molecule has 0 bridgehead atoms. The Labute approximate surface area is 126 Å². The molecular weight excluding hydrogens is 268 g/mol. The van der Waals surface area contributed by atoms with Gasteiger partial charge in [0.1, 0.15) is 0 Å². The molecule has 1 heterocycles. The van der Waals surface area contributed by atoms with E-state index in [1.807, 2.05) is 4.90 Å². The van der Waals surface area contributed by atoms with E-state index in [1.165, 1.54) is 12.8 Å².